The van der Waals surface area contributed by atoms with Crippen LogP contribution in [-0.4, -0.2) is 16.6 Å². The molecule has 2 aliphatic rings. The summed E-state index contributed by atoms with van der Waals surface area (Å²) in [5.74, 6) is 2.39. The quantitative estimate of drug-likeness (QED) is 0.821. The van der Waals surface area contributed by atoms with Crippen molar-refractivity contribution in [2.75, 3.05) is 11.5 Å². The Balaban J connectivity index is 1.58. The van der Waals surface area contributed by atoms with E-state index in [4.69, 9.17) is 5.73 Å². The van der Waals surface area contributed by atoms with E-state index in [1.807, 2.05) is 34.9 Å². The Morgan fingerprint density at radius 3 is 2.86 bits per heavy atom. The molecule has 2 aromatic rings. The third kappa shape index (κ3) is 2.34. The molecular formula is C16H16N2OS2. The van der Waals surface area contributed by atoms with E-state index in [-0.39, 0.29) is 5.91 Å². The number of nitrogens with two attached hydrogens (primary N) is 1. The monoisotopic (exact) mass is 316 g/mol. The maximum absolute atomic E-state index is 12.7. The fourth-order valence-corrected chi connectivity index (χ4v) is 5.31. The summed E-state index contributed by atoms with van der Waals surface area (Å²) in [6.45, 7) is 1.38. The van der Waals surface area contributed by atoms with Crippen molar-refractivity contribution in [3.63, 3.8) is 0 Å². The van der Waals surface area contributed by atoms with Gasteiger partial charge in [-0.05, 0) is 47.1 Å². The van der Waals surface area contributed by atoms with Crippen molar-refractivity contribution >= 4 is 34.7 Å². The third-order valence-corrected chi connectivity index (χ3v) is 6.31. The van der Waals surface area contributed by atoms with Crippen LogP contribution in [0.3, 0.4) is 0 Å². The van der Waals surface area contributed by atoms with Crippen LogP contribution in [0.15, 0.2) is 24.3 Å². The van der Waals surface area contributed by atoms with Gasteiger partial charge in [-0.15, -0.1) is 11.3 Å². The number of hydrogen-bond acceptors (Lipinski definition) is 4. The van der Waals surface area contributed by atoms with Gasteiger partial charge in [-0.3, -0.25) is 4.79 Å². The van der Waals surface area contributed by atoms with E-state index in [0.717, 1.165) is 22.7 Å². The molecule has 3 nitrogen and oxygen atoms in total. The molecule has 0 aliphatic carbocycles. The average Bonchev–Trinajstić information content (AvgIpc) is 3.09. The number of nitrogens with zero attached hydrogens (tertiary/aromatic N) is 1. The van der Waals surface area contributed by atoms with Crippen LogP contribution >= 0.6 is 23.1 Å². The molecule has 2 N–H and O–H groups in total. The van der Waals surface area contributed by atoms with Crippen LogP contribution in [-0.2, 0) is 25.3 Å². The van der Waals surface area contributed by atoms with E-state index in [1.165, 1.54) is 27.3 Å². The summed E-state index contributed by atoms with van der Waals surface area (Å²) in [5.41, 5.74) is 10.4. The summed E-state index contributed by atoms with van der Waals surface area (Å²) < 4.78 is 0. The van der Waals surface area contributed by atoms with Gasteiger partial charge < -0.3 is 10.6 Å². The molecule has 5 heteroatoms. The number of amides is 1. The largest absolute Gasteiger partial charge is 0.399 e. The molecule has 0 unspecified atom stereocenters. The molecule has 0 fully saturated rings. The van der Waals surface area contributed by atoms with Crippen LogP contribution in [0.25, 0.3) is 0 Å². The third-order valence-electron chi connectivity index (χ3n) is 4.08. The standard InChI is InChI=1S/C16H16N2OS2/c17-13-2-1-10-7-18(8-11(10)5-13)16(19)15-6-12-9-20-4-3-14(12)21-15/h1-2,5-6H,3-4,7-9,17H2. The van der Waals surface area contributed by atoms with Gasteiger partial charge in [-0.25, -0.2) is 0 Å². The minimum atomic E-state index is 0.161. The second kappa shape index (κ2) is 5.07. The molecule has 0 radical (unpaired) electrons. The lowest BCUT2D eigenvalue weighted by molar-refractivity contribution is 0.0756. The van der Waals surface area contributed by atoms with Crippen molar-refractivity contribution in [1.29, 1.82) is 0 Å². The highest BCUT2D eigenvalue weighted by Gasteiger charge is 2.26. The predicted octanol–water partition coefficient (Wildman–Crippen LogP) is 3.28. The summed E-state index contributed by atoms with van der Waals surface area (Å²) in [4.78, 5) is 16.9. The van der Waals surface area contributed by atoms with Crippen LogP contribution in [0.5, 0.6) is 0 Å². The molecule has 21 heavy (non-hydrogen) atoms. The highest BCUT2D eigenvalue weighted by molar-refractivity contribution is 7.98. The number of hydrogen-bond donors (Lipinski definition) is 1. The number of rotatable bonds is 1. The van der Waals surface area contributed by atoms with Gasteiger partial charge in [0.1, 0.15) is 0 Å². The van der Waals surface area contributed by atoms with E-state index in [1.54, 1.807) is 11.3 Å². The van der Waals surface area contributed by atoms with Crippen molar-refractivity contribution in [3.8, 4) is 0 Å². The summed E-state index contributed by atoms with van der Waals surface area (Å²) in [6.07, 6.45) is 1.11. The second-order valence-corrected chi connectivity index (χ2v) is 7.79. The van der Waals surface area contributed by atoms with Crippen molar-refractivity contribution in [2.24, 2.45) is 0 Å². The summed E-state index contributed by atoms with van der Waals surface area (Å²) >= 11 is 3.64. The van der Waals surface area contributed by atoms with Crippen LogP contribution in [0.1, 0.15) is 31.2 Å². The second-order valence-electron chi connectivity index (χ2n) is 5.55. The highest BCUT2D eigenvalue weighted by Crippen LogP contribution is 2.34. The van der Waals surface area contributed by atoms with Gasteiger partial charge in [0.15, 0.2) is 0 Å². The zero-order valence-electron chi connectivity index (χ0n) is 11.6. The van der Waals surface area contributed by atoms with Gasteiger partial charge in [0, 0.05) is 29.4 Å². The molecular weight excluding hydrogens is 300 g/mol. The summed E-state index contributed by atoms with van der Waals surface area (Å²) in [6, 6.07) is 8.03. The fourth-order valence-electron chi connectivity index (χ4n) is 2.97. The van der Waals surface area contributed by atoms with E-state index >= 15 is 0 Å². The number of anilines is 1. The molecule has 0 atom stereocenters. The molecule has 1 aromatic heterocycles. The van der Waals surface area contributed by atoms with Gasteiger partial charge in [-0.1, -0.05) is 6.07 Å². The molecule has 4 rings (SSSR count). The van der Waals surface area contributed by atoms with Crippen molar-refractivity contribution < 1.29 is 4.79 Å². The Morgan fingerprint density at radius 1 is 1.14 bits per heavy atom. The lowest BCUT2D eigenvalue weighted by Crippen LogP contribution is -2.24. The van der Waals surface area contributed by atoms with Crippen molar-refractivity contribution in [2.45, 2.75) is 25.3 Å². The molecule has 1 amide bonds. The molecule has 0 saturated carbocycles. The SMILES string of the molecule is Nc1ccc2c(c1)CN(C(=O)c1cc3c(s1)CCSC3)C2. The smallest absolute Gasteiger partial charge is 0.264 e. The minimum absolute atomic E-state index is 0.161. The number of thioether (sulfide) groups is 1. The first-order valence-electron chi connectivity index (χ1n) is 7.06. The van der Waals surface area contributed by atoms with Gasteiger partial charge in [0.2, 0.25) is 0 Å². The Morgan fingerprint density at radius 2 is 2.00 bits per heavy atom. The van der Waals surface area contributed by atoms with E-state index in [9.17, 15) is 4.79 Å². The predicted molar refractivity (Wildman–Crippen MR) is 88.6 cm³/mol. The molecule has 3 heterocycles. The van der Waals surface area contributed by atoms with Crippen LogP contribution in [0.2, 0.25) is 0 Å². The molecule has 0 spiro atoms. The zero-order chi connectivity index (χ0) is 14.4. The van der Waals surface area contributed by atoms with Gasteiger partial charge >= 0.3 is 0 Å². The summed E-state index contributed by atoms with van der Waals surface area (Å²) in [5, 5.41) is 0. The number of nitrogen functional groups attached to an aromatic ring is 1. The number of carbonyl (C=O) groups excluding carboxylic acids is 1. The Kier molecular flexibility index (Phi) is 3.19. The first-order valence-corrected chi connectivity index (χ1v) is 9.04. The fraction of sp³-hybridized carbons (Fsp3) is 0.312. The number of aryl methyl sites for hydroxylation is 1. The van der Waals surface area contributed by atoms with Gasteiger partial charge in [-0.2, -0.15) is 11.8 Å². The lowest BCUT2D eigenvalue weighted by Gasteiger charge is -2.13. The first-order chi connectivity index (χ1) is 10.2. The van der Waals surface area contributed by atoms with Crippen molar-refractivity contribution in [1.82, 2.24) is 4.90 Å². The molecule has 1 aromatic carbocycles. The van der Waals surface area contributed by atoms with Crippen molar-refractivity contribution in [3.05, 3.63) is 50.7 Å². The van der Waals surface area contributed by atoms with Gasteiger partial charge in [0.25, 0.3) is 5.91 Å². The lowest BCUT2D eigenvalue weighted by atomic mass is 10.1. The number of carbonyl (C=O) groups is 1. The zero-order valence-corrected chi connectivity index (χ0v) is 13.2. The van der Waals surface area contributed by atoms with Crippen LogP contribution < -0.4 is 5.73 Å². The maximum atomic E-state index is 12.7. The Bertz CT molecular complexity index is 700. The van der Waals surface area contributed by atoms with E-state index < -0.39 is 0 Å². The Labute approximate surface area is 132 Å². The normalized spacial score (nSPS) is 16.7. The minimum Gasteiger partial charge on any atom is -0.399 e. The van der Waals surface area contributed by atoms with Crippen LogP contribution in [0, 0.1) is 0 Å². The Hall–Kier alpha value is -1.46. The molecule has 2 aliphatic heterocycles. The maximum Gasteiger partial charge on any atom is 0.264 e. The van der Waals surface area contributed by atoms with E-state index in [0.29, 0.717) is 13.1 Å². The van der Waals surface area contributed by atoms with E-state index in [2.05, 4.69) is 6.07 Å². The van der Waals surface area contributed by atoms with Crippen LogP contribution in [0.4, 0.5) is 5.69 Å². The average molecular weight is 316 g/mol. The molecule has 108 valence electrons. The molecule has 0 saturated heterocycles. The molecule has 0 bridgehead atoms. The topological polar surface area (TPSA) is 46.3 Å². The highest BCUT2D eigenvalue weighted by atomic mass is 32.2. The number of thiophene rings is 1. The first kappa shape index (κ1) is 13.2. The van der Waals surface area contributed by atoms with Gasteiger partial charge in [0.05, 0.1) is 4.88 Å². The summed E-state index contributed by atoms with van der Waals surface area (Å²) in [7, 11) is 0. The number of benzene rings is 1. The number of fused-ring (bicyclic) bond motifs is 2.